The van der Waals surface area contributed by atoms with Crippen molar-refractivity contribution in [1.29, 1.82) is 0 Å². The fourth-order valence-corrected chi connectivity index (χ4v) is 4.59. The van der Waals surface area contributed by atoms with E-state index in [0.717, 1.165) is 13.1 Å². The highest BCUT2D eigenvalue weighted by atomic mass is 35.5. The molecular weight excluding hydrogens is 303 g/mol. The Balaban J connectivity index is 0.00000147. The number of hydrogen-bond donors (Lipinski definition) is 1. The van der Waals surface area contributed by atoms with E-state index in [1.807, 2.05) is 0 Å². The largest absolute Gasteiger partial charge is 0.316 e. The molecule has 2 heterocycles. The van der Waals surface area contributed by atoms with Crippen LogP contribution in [-0.4, -0.2) is 38.9 Å². The lowest BCUT2D eigenvalue weighted by Gasteiger charge is -2.17. The molecule has 2 saturated heterocycles. The van der Waals surface area contributed by atoms with Crippen molar-refractivity contribution in [2.75, 3.05) is 26.2 Å². The predicted molar refractivity (Wildman–Crippen MR) is 77.7 cm³/mol. The Bertz CT molecular complexity index is 569. The van der Waals surface area contributed by atoms with Crippen molar-refractivity contribution in [2.24, 2.45) is 11.8 Å². The van der Waals surface area contributed by atoms with Crippen LogP contribution in [0, 0.1) is 17.7 Å². The molecule has 2 aliphatic heterocycles. The van der Waals surface area contributed by atoms with Gasteiger partial charge in [0.15, 0.2) is 0 Å². The van der Waals surface area contributed by atoms with Crippen LogP contribution in [-0.2, 0) is 15.8 Å². The Morgan fingerprint density at radius 2 is 1.80 bits per heavy atom. The Labute approximate surface area is 124 Å². The quantitative estimate of drug-likeness (QED) is 0.911. The van der Waals surface area contributed by atoms with E-state index >= 15 is 0 Å². The van der Waals surface area contributed by atoms with Crippen LogP contribution >= 0.6 is 12.4 Å². The maximum atomic E-state index is 13.5. The summed E-state index contributed by atoms with van der Waals surface area (Å²) in [5.41, 5.74) is 0.248. The molecule has 2 atom stereocenters. The van der Waals surface area contributed by atoms with Crippen LogP contribution in [0.2, 0.25) is 0 Å². The molecule has 0 bridgehead atoms. The highest BCUT2D eigenvalue weighted by Gasteiger charge is 2.40. The molecule has 1 aromatic rings. The molecule has 2 aliphatic rings. The van der Waals surface area contributed by atoms with E-state index in [1.54, 1.807) is 12.1 Å². The monoisotopic (exact) mass is 320 g/mol. The standard InChI is InChI=1S/C13H17FN2O2S.ClH/c14-13-4-2-1-3-10(13)9-19(17,18)16-7-11-5-15-6-12(11)8-16;/h1-4,11-12,15H,5-9H2;1H/t11-,12+;. The third-order valence-electron chi connectivity index (χ3n) is 4.05. The highest BCUT2D eigenvalue weighted by Crippen LogP contribution is 2.29. The average molecular weight is 321 g/mol. The van der Waals surface area contributed by atoms with Crippen molar-refractivity contribution in [1.82, 2.24) is 9.62 Å². The molecule has 1 N–H and O–H groups in total. The summed E-state index contributed by atoms with van der Waals surface area (Å²) in [7, 11) is -3.41. The lowest BCUT2D eigenvalue weighted by molar-refractivity contribution is 0.446. The highest BCUT2D eigenvalue weighted by molar-refractivity contribution is 7.88. The molecule has 20 heavy (non-hydrogen) atoms. The third kappa shape index (κ3) is 2.98. The van der Waals surface area contributed by atoms with Crippen molar-refractivity contribution >= 4 is 22.4 Å². The lowest BCUT2D eigenvalue weighted by Crippen LogP contribution is -2.33. The molecule has 7 heteroatoms. The zero-order chi connectivity index (χ0) is 13.5. The molecule has 0 aromatic heterocycles. The first-order valence-electron chi connectivity index (χ1n) is 6.48. The van der Waals surface area contributed by atoms with Crippen LogP contribution < -0.4 is 5.32 Å². The molecule has 0 amide bonds. The van der Waals surface area contributed by atoms with Gasteiger partial charge in [-0.3, -0.25) is 0 Å². The molecule has 1 aromatic carbocycles. The zero-order valence-corrected chi connectivity index (χ0v) is 12.6. The SMILES string of the molecule is Cl.O=S(=O)(Cc1ccccc1F)N1C[C@H]2CNC[C@H]2C1. The van der Waals surface area contributed by atoms with Crippen molar-refractivity contribution in [3.05, 3.63) is 35.6 Å². The summed E-state index contributed by atoms with van der Waals surface area (Å²) < 4.78 is 39.7. The second-order valence-electron chi connectivity index (χ2n) is 5.34. The summed E-state index contributed by atoms with van der Waals surface area (Å²) in [5, 5.41) is 3.27. The Hall–Kier alpha value is -0.690. The van der Waals surface area contributed by atoms with Crippen LogP contribution in [0.4, 0.5) is 4.39 Å². The van der Waals surface area contributed by atoms with Gasteiger partial charge in [-0.2, -0.15) is 0 Å². The summed E-state index contributed by atoms with van der Waals surface area (Å²) in [6.07, 6.45) is 0. The van der Waals surface area contributed by atoms with Crippen LogP contribution in [0.15, 0.2) is 24.3 Å². The molecule has 112 valence electrons. The third-order valence-corrected chi connectivity index (χ3v) is 5.81. The molecular formula is C13H18ClFN2O2S. The molecule has 4 nitrogen and oxygen atoms in total. The van der Waals surface area contributed by atoms with Gasteiger partial charge in [0.2, 0.25) is 10.0 Å². The maximum absolute atomic E-state index is 13.5. The zero-order valence-electron chi connectivity index (χ0n) is 11.0. The molecule has 0 saturated carbocycles. The topological polar surface area (TPSA) is 49.4 Å². The van der Waals surface area contributed by atoms with Crippen molar-refractivity contribution in [3.63, 3.8) is 0 Å². The first-order chi connectivity index (χ1) is 9.06. The van der Waals surface area contributed by atoms with Gasteiger partial charge in [-0.25, -0.2) is 17.1 Å². The normalized spacial score (nSPS) is 26.2. The van der Waals surface area contributed by atoms with Gasteiger partial charge in [-0.15, -0.1) is 12.4 Å². The molecule has 0 spiro atoms. The Morgan fingerprint density at radius 3 is 2.40 bits per heavy atom. The molecule has 0 aliphatic carbocycles. The van der Waals surface area contributed by atoms with Crippen LogP contribution in [0.1, 0.15) is 5.56 Å². The summed E-state index contributed by atoms with van der Waals surface area (Å²) >= 11 is 0. The number of halogens is 2. The lowest BCUT2D eigenvalue weighted by atomic mass is 10.0. The minimum atomic E-state index is -3.41. The van der Waals surface area contributed by atoms with E-state index < -0.39 is 15.8 Å². The number of hydrogen-bond acceptors (Lipinski definition) is 3. The summed E-state index contributed by atoms with van der Waals surface area (Å²) in [6.45, 7) is 2.90. The predicted octanol–water partition coefficient (Wildman–Crippen LogP) is 1.23. The van der Waals surface area contributed by atoms with E-state index in [9.17, 15) is 12.8 Å². The number of benzene rings is 1. The average Bonchev–Trinajstić information content (AvgIpc) is 2.92. The van der Waals surface area contributed by atoms with E-state index in [1.165, 1.54) is 16.4 Å². The number of sulfonamides is 1. The van der Waals surface area contributed by atoms with E-state index in [2.05, 4.69) is 5.32 Å². The van der Waals surface area contributed by atoms with E-state index in [-0.39, 0.29) is 23.7 Å². The molecule has 2 fully saturated rings. The number of nitrogens with zero attached hydrogens (tertiary/aromatic N) is 1. The van der Waals surface area contributed by atoms with Gasteiger partial charge >= 0.3 is 0 Å². The second kappa shape index (κ2) is 5.97. The second-order valence-corrected chi connectivity index (χ2v) is 7.31. The smallest absolute Gasteiger partial charge is 0.218 e. The van der Waals surface area contributed by atoms with Gasteiger partial charge in [0.05, 0.1) is 5.75 Å². The van der Waals surface area contributed by atoms with E-state index in [4.69, 9.17) is 0 Å². The fraction of sp³-hybridized carbons (Fsp3) is 0.538. The fourth-order valence-electron chi connectivity index (χ4n) is 2.94. The number of fused-ring (bicyclic) bond motifs is 1. The van der Waals surface area contributed by atoms with Gasteiger partial charge in [-0.05, 0) is 31.0 Å². The van der Waals surface area contributed by atoms with E-state index in [0.29, 0.717) is 24.9 Å². The minimum Gasteiger partial charge on any atom is -0.316 e. The first-order valence-corrected chi connectivity index (χ1v) is 8.09. The van der Waals surface area contributed by atoms with Crippen molar-refractivity contribution in [2.45, 2.75) is 5.75 Å². The van der Waals surface area contributed by atoms with Gasteiger partial charge in [-0.1, -0.05) is 18.2 Å². The summed E-state index contributed by atoms with van der Waals surface area (Å²) in [6, 6.07) is 6.06. The van der Waals surface area contributed by atoms with Crippen LogP contribution in [0.5, 0.6) is 0 Å². The number of rotatable bonds is 3. The van der Waals surface area contributed by atoms with Gasteiger partial charge in [0, 0.05) is 18.7 Å². The summed E-state index contributed by atoms with van der Waals surface area (Å²) in [5.74, 6) is 0.130. The Kier molecular flexibility index (Phi) is 4.69. The molecule has 0 radical (unpaired) electrons. The number of nitrogens with one attached hydrogen (secondary N) is 1. The molecule has 3 rings (SSSR count). The van der Waals surface area contributed by atoms with Gasteiger partial charge in [0.1, 0.15) is 5.82 Å². The van der Waals surface area contributed by atoms with Gasteiger partial charge in [0.25, 0.3) is 0 Å². The molecule has 0 unspecified atom stereocenters. The van der Waals surface area contributed by atoms with Gasteiger partial charge < -0.3 is 5.32 Å². The summed E-state index contributed by atoms with van der Waals surface area (Å²) in [4.78, 5) is 0. The minimum absolute atomic E-state index is 0. The first kappa shape index (κ1) is 15.7. The van der Waals surface area contributed by atoms with Crippen molar-refractivity contribution < 1.29 is 12.8 Å². The van der Waals surface area contributed by atoms with Crippen molar-refractivity contribution in [3.8, 4) is 0 Å². The maximum Gasteiger partial charge on any atom is 0.218 e. The van der Waals surface area contributed by atoms with Crippen LogP contribution in [0.3, 0.4) is 0 Å². The van der Waals surface area contributed by atoms with Crippen LogP contribution in [0.25, 0.3) is 0 Å². The Morgan fingerprint density at radius 1 is 1.20 bits per heavy atom.